The molecule has 0 bridgehead atoms. The van der Waals surface area contributed by atoms with E-state index in [1.807, 2.05) is 0 Å². The lowest BCUT2D eigenvalue weighted by atomic mass is 10.4. The second kappa shape index (κ2) is 5.40. The summed E-state index contributed by atoms with van der Waals surface area (Å²) in [6.45, 7) is -0.302. The third kappa shape index (κ3) is 3.62. The van der Waals surface area contributed by atoms with E-state index in [2.05, 4.69) is 15.3 Å². The fourth-order valence-corrected chi connectivity index (χ4v) is 0.798. The van der Waals surface area contributed by atoms with Crippen molar-refractivity contribution in [2.75, 3.05) is 19.0 Å². The van der Waals surface area contributed by atoms with Crippen LogP contribution in [0.2, 0.25) is 0 Å². The van der Waals surface area contributed by atoms with Gasteiger partial charge >= 0.3 is 0 Å². The first-order valence-corrected chi connectivity index (χ1v) is 4.19. The molecule has 0 saturated heterocycles. The Labute approximate surface area is 85.1 Å². The Hall–Kier alpha value is -1.50. The zero-order valence-corrected chi connectivity index (χ0v) is 8.02. The molecule has 1 unspecified atom stereocenters. The van der Waals surface area contributed by atoms with Crippen LogP contribution in [-0.2, 0) is 0 Å². The molecular weight excluding hydrogens is 208 g/mol. The van der Waals surface area contributed by atoms with Crippen LogP contribution in [0.5, 0.6) is 5.75 Å². The van der Waals surface area contributed by atoms with E-state index in [0.717, 1.165) is 0 Å². The van der Waals surface area contributed by atoms with Crippen molar-refractivity contribution >= 4 is 5.95 Å². The molecule has 0 spiro atoms. The fraction of sp³-hybridized carbons (Fsp3) is 0.500. The molecule has 2 N–H and O–H groups in total. The minimum absolute atomic E-state index is 0.163. The molecule has 1 aromatic heterocycles. The highest BCUT2D eigenvalue weighted by Gasteiger charge is 2.16. The van der Waals surface area contributed by atoms with Crippen molar-refractivity contribution in [2.45, 2.75) is 12.5 Å². The number of hydrogen-bond acceptors (Lipinski definition) is 5. The van der Waals surface area contributed by atoms with E-state index in [-0.39, 0.29) is 12.5 Å². The van der Waals surface area contributed by atoms with E-state index in [9.17, 15) is 8.78 Å². The third-order valence-electron chi connectivity index (χ3n) is 1.62. The van der Waals surface area contributed by atoms with Crippen LogP contribution in [0.25, 0.3) is 0 Å². The van der Waals surface area contributed by atoms with Crippen molar-refractivity contribution in [2.24, 2.45) is 0 Å². The van der Waals surface area contributed by atoms with Crippen LogP contribution in [0.4, 0.5) is 14.7 Å². The van der Waals surface area contributed by atoms with E-state index in [4.69, 9.17) is 9.84 Å². The van der Waals surface area contributed by atoms with Crippen molar-refractivity contribution in [3.8, 4) is 5.75 Å². The molecule has 0 saturated carbocycles. The highest BCUT2D eigenvalue weighted by Crippen LogP contribution is 2.07. The molecule has 1 rings (SSSR count). The molecule has 0 radical (unpaired) electrons. The van der Waals surface area contributed by atoms with Crippen LogP contribution in [0, 0.1) is 0 Å². The standard InChI is InChI=1S/C8H11F2N3O2/c1-15-5-2-11-8(12-3-5)13-4-6(14)7(9)10/h2-3,6-7,14H,4H2,1H3,(H,11,12,13). The number of halogens is 2. The number of aromatic nitrogens is 2. The van der Waals surface area contributed by atoms with Crippen molar-refractivity contribution in [1.82, 2.24) is 9.97 Å². The monoisotopic (exact) mass is 219 g/mol. The minimum atomic E-state index is -2.78. The van der Waals surface area contributed by atoms with E-state index in [1.165, 1.54) is 19.5 Å². The number of rotatable bonds is 5. The average Bonchev–Trinajstić information content (AvgIpc) is 2.26. The predicted octanol–water partition coefficient (Wildman–Crippen LogP) is 0.523. The topological polar surface area (TPSA) is 67.3 Å². The van der Waals surface area contributed by atoms with Gasteiger partial charge in [-0.05, 0) is 0 Å². The summed E-state index contributed by atoms with van der Waals surface area (Å²) in [4.78, 5) is 7.56. The van der Waals surface area contributed by atoms with Gasteiger partial charge in [-0.1, -0.05) is 0 Å². The Kier molecular flexibility index (Phi) is 4.17. The largest absolute Gasteiger partial charge is 0.494 e. The van der Waals surface area contributed by atoms with Gasteiger partial charge in [0.25, 0.3) is 6.43 Å². The normalized spacial score (nSPS) is 12.6. The summed E-state index contributed by atoms with van der Waals surface area (Å²) in [7, 11) is 1.46. The highest BCUT2D eigenvalue weighted by atomic mass is 19.3. The average molecular weight is 219 g/mol. The highest BCUT2D eigenvalue weighted by molar-refractivity contribution is 5.27. The number of nitrogens with one attached hydrogen (secondary N) is 1. The first kappa shape index (κ1) is 11.6. The molecule has 0 aliphatic heterocycles. The van der Waals surface area contributed by atoms with Crippen LogP contribution in [-0.4, -0.2) is 41.3 Å². The Morgan fingerprint density at radius 3 is 2.53 bits per heavy atom. The Morgan fingerprint density at radius 2 is 2.07 bits per heavy atom. The lowest BCUT2D eigenvalue weighted by Crippen LogP contribution is -2.27. The molecule has 0 fully saturated rings. The zero-order valence-electron chi connectivity index (χ0n) is 8.02. The van der Waals surface area contributed by atoms with Crippen molar-refractivity contribution in [3.05, 3.63) is 12.4 Å². The molecule has 0 aromatic carbocycles. The van der Waals surface area contributed by atoms with Crippen LogP contribution in [0.1, 0.15) is 0 Å². The summed E-state index contributed by atoms with van der Waals surface area (Å²) in [6.07, 6.45) is -1.72. The van der Waals surface area contributed by atoms with Gasteiger partial charge in [0.2, 0.25) is 5.95 Å². The number of anilines is 1. The quantitative estimate of drug-likeness (QED) is 0.755. The van der Waals surface area contributed by atoms with Crippen molar-refractivity contribution in [1.29, 1.82) is 0 Å². The summed E-state index contributed by atoms with van der Waals surface area (Å²) >= 11 is 0. The number of nitrogens with zero attached hydrogens (tertiary/aromatic N) is 2. The Balaban J connectivity index is 2.44. The second-order valence-corrected chi connectivity index (χ2v) is 2.73. The maximum atomic E-state index is 11.9. The van der Waals surface area contributed by atoms with Crippen LogP contribution in [0.3, 0.4) is 0 Å². The molecule has 15 heavy (non-hydrogen) atoms. The van der Waals surface area contributed by atoms with Gasteiger partial charge in [-0.25, -0.2) is 18.7 Å². The van der Waals surface area contributed by atoms with Gasteiger partial charge in [-0.3, -0.25) is 0 Å². The molecule has 1 aromatic rings. The number of aliphatic hydroxyl groups excluding tert-OH is 1. The van der Waals surface area contributed by atoms with Crippen molar-refractivity contribution in [3.63, 3.8) is 0 Å². The number of hydrogen-bond donors (Lipinski definition) is 2. The SMILES string of the molecule is COc1cnc(NCC(O)C(F)F)nc1. The molecule has 0 amide bonds. The molecule has 0 aliphatic carbocycles. The number of aliphatic hydroxyl groups is 1. The first-order valence-electron chi connectivity index (χ1n) is 4.19. The van der Waals surface area contributed by atoms with E-state index >= 15 is 0 Å². The molecule has 7 heteroatoms. The number of ether oxygens (including phenoxy) is 1. The van der Waals surface area contributed by atoms with Gasteiger partial charge in [0.1, 0.15) is 6.10 Å². The molecule has 0 aliphatic rings. The van der Waals surface area contributed by atoms with Crippen LogP contribution < -0.4 is 10.1 Å². The smallest absolute Gasteiger partial charge is 0.265 e. The van der Waals surface area contributed by atoms with Crippen molar-refractivity contribution < 1.29 is 18.6 Å². The van der Waals surface area contributed by atoms with Gasteiger partial charge in [-0.2, -0.15) is 0 Å². The fourth-order valence-electron chi connectivity index (χ4n) is 0.798. The first-order chi connectivity index (χ1) is 7.13. The lowest BCUT2D eigenvalue weighted by Gasteiger charge is -2.10. The van der Waals surface area contributed by atoms with Crippen LogP contribution >= 0.6 is 0 Å². The second-order valence-electron chi connectivity index (χ2n) is 2.73. The zero-order chi connectivity index (χ0) is 11.3. The lowest BCUT2D eigenvalue weighted by molar-refractivity contribution is 0.00376. The molecule has 5 nitrogen and oxygen atoms in total. The maximum absolute atomic E-state index is 11.9. The summed E-state index contributed by atoms with van der Waals surface area (Å²) in [5.74, 6) is 0.630. The number of alkyl halides is 2. The third-order valence-corrected chi connectivity index (χ3v) is 1.62. The molecule has 84 valence electrons. The summed E-state index contributed by atoms with van der Waals surface area (Å²) in [5.41, 5.74) is 0. The van der Waals surface area contributed by atoms with Gasteiger partial charge in [0, 0.05) is 6.54 Å². The van der Waals surface area contributed by atoms with Gasteiger partial charge in [0.05, 0.1) is 19.5 Å². The van der Waals surface area contributed by atoms with E-state index in [0.29, 0.717) is 5.75 Å². The minimum Gasteiger partial charge on any atom is -0.494 e. The predicted molar refractivity (Wildman–Crippen MR) is 49.1 cm³/mol. The molecule has 1 heterocycles. The van der Waals surface area contributed by atoms with Gasteiger partial charge in [-0.15, -0.1) is 0 Å². The van der Waals surface area contributed by atoms with Gasteiger partial charge in [0.15, 0.2) is 5.75 Å². The molecule has 1 atom stereocenters. The summed E-state index contributed by atoms with van der Waals surface area (Å²) in [6, 6.07) is 0. The van der Waals surface area contributed by atoms with E-state index < -0.39 is 12.5 Å². The van der Waals surface area contributed by atoms with Gasteiger partial charge < -0.3 is 15.2 Å². The maximum Gasteiger partial charge on any atom is 0.265 e. The molecular formula is C8H11F2N3O2. The summed E-state index contributed by atoms with van der Waals surface area (Å²) in [5, 5.41) is 11.3. The Morgan fingerprint density at radius 1 is 1.47 bits per heavy atom. The number of methoxy groups -OCH3 is 1. The van der Waals surface area contributed by atoms with Crippen LogP contribution in [0.15, 0.2) is 12.4 Å². The Bertz CT molecular complexity index is 294. The summed E-state index contributed by atoms with van der Waals surface area (Å²) < 4.78 is 28.6. The van der Waals surface area contributed by atoms with E-state index in [1.54, 1.807) is 0 Å².